The van der Waals surface area contributed by atoms with Crippen molar-refractivity contribution in [2.75, 3.05) is 0 Å². The molecule has 0 amide bonds. The van der Waals surface area contributed by atoms with Crippen LogP contribution in [-0.4, -0.2) is 20.6 Å². The number of rotatable bonds is 3. The Morgan fingerprint density at radius 3 is 2.37 bits per heavy atom. The molecule has 0 saturated heterocycles. The van der Waals surface area contributed by atoms with Crippen molar-refractivity contribution in [1.82, 2.24) is 9.55 Å². The summed E-state index contributed by atoms with van der Waals surface area (Å²) in [6, 6.07) is 4.06. The van der Waals surface area contributed by atoms with Crippen molar-refractivity contribution in [3.05, 3.63) is 56.8 Å². The van der Waals surface area contributed by atoms with Crippen LogP contribution in [-0.2, 0) is 6.54 Å². The number of aromatic nitrogens is 2. The SMILES string of the molecule is Cc1cc(C)c(Cn2c(C(=O)O)c[nH]c2=O)c(C)c1. The molecular weight excluding hydrogens is 244 g/mol. The number of carbonyl (C=O) groups is 1. The molecule has 100 valence electrons. The van der Waals surface area contributed by atoms with E-state index in [-0.39, 0.29) is 12.2 Å². The maximum absolute atomic E-state index is 11.7. The molecule has 0 saturated carbocycles. The van der Waals surface area contributed by atoms with E-state index in [4.69, 9.17) is 5.11 Å². The van der Waals surface area contributed by atoms with Crippen LogP contribution in [0.3, 0.4) is 0 Å². The zero-order valence-corrected chi connectivity index (χ0v) is 11.2. The van der Waals surface area contributed by atoms with Gasteiger partial charge in [0.1, 0.15) is 5.69 Å². The number of aryl methyl sites for hydroxylation is 3. The Morgan fingerprint density at radius 2 is 1.84 bits per heavy atom. The minimum Gasteiger partial charge on any atom is -0.477 e. The van der Waals surface area contributed by atoms with Crippen molar-refractivity contribution in [1.29, 1.82) is 0 Å². The summed E-state index contributed by atoms with van der Waals surface area (Å²) in [5, 5.41) is 9.06. The molecule has 19 heavy (non-hydrogen) atoms. The monoisotopic (exact) mass is 260 g/mol. The summed E-state index contributed by atoms with van der Waals surface area (Å²) in [5.41, 5.74) is 3.82. The lowest BCUT2D eigenvalue weighted by Crippen LogP contribution is -2.22. The number of aromatic amines is 1. The number of benzene rings is 1. The van der Waals surface area contributed by atoms with E-state index in [0.717, 1.165) is 22.3 Å². The summed E-state index contributed by atoms with van der Waals surface area (Å²) in [6.07, 6.45) is 1.23. The van der Waals surface area contributed by atoms with Crippen molar-refractivity contribution in [3.8, 4) is 0 Å². The molecule has 0 atom stereocenters. The number of H-pyrrole nitrogens is 1. The van der Waals surface area contributed by atoms with Gasteiger partial charge in [0, 0.05) is 6.20 Å². The van der Waals surface area contributed by atoms with Crippen LogP contribution < -0.4 is 5.69 Å². The van der Waals surface area contributed by atoms with Gasteiger partial charge in [0.15, 0.2) is 0 Å². The lowest BCUT2D eigenvalue weighted by molar-refractivity contribution is 0.0685. The number of carboxylic acids is 1. The van der Waals surface area contributed by atoms with Gasteiger partial charge in [-0.05, 0) is 37.5 Å². The Balaban J connectivity index is 2.51. The van der Waals surface area contributed by atoms with E-state index < -0.39 is 11.7 Å². The van der Waals surface area contributed by atoms with Gasteiger partial charge < -0.3 is 10.1 Å². The maximum atomic E-state index is 11.7. The van der Waals surface area contributed by atoms with Crippen LogP contribution in [0, 0.1) is 20.8 Å². The number of nitrogens with one attached hydrogen (secondary N) is 1. The van der Waals surface area contributed by atoms with Gasteiger partial charge in [-0.15, -0.1) is 0 Å². The molecule has 0 aliphatic heterocycles. The van der Waals surface area contributed by atoms with Crippen LogP contribution >= 0.6 is 0 Å². The van der Waals surface area contributed by atoms with Crippen LogP contribution in [0.5, 0.6) is 0 Å². The predicted octanol–water partition coefficient (Wildman–Crippen LogP) is 1.85. The van der Waals surface area contributed by atoms with Crippen molar-refractivity contribution < 1.29 is 9.90 Å². The highest BCUT2D eigenvalue weighted by molar-refractivity contribution is 5.85. The number of hydrogen-bond acceptors (Lipinski definition) is 2. The Morgan fingerprint density at radius 1 is 1.26 bits per heavy atom. The standard InChI is InChI=1S/C14H16N2O3/c1-8-4-9(2)11(10(3)5-8)7-16-12(13(17)18)6-15-14(16)19/h4-6H,7H2,1-3H3,(H,15,19)(H,17,18). The normalized spacial score (nSPS) is 10.7. The molecule has 5 nitrogen and oxygen atoms in total. The molecule has 0 fully saturated rings. The van der Waals surface area contributed by atoms with E-state index in [9.17, 15) is 9.59 Å². The van der Waals surface area contributed by atoms with Crippen LogP contribution in [0.15, 0.2) is 23.1 Å². The number of hydrogen-bond donors (Lipinski definition) is 2. The molecule has 2 aromatic rings. The molecule has 2 N–H and O–H groups in total. The zero-order chi connectivity index (χ0) is 14.2. The minimum atomic E-state index is -1.11. The molecule has 2 rings (SSSR count). The van der Waals surface area contributed by atoms with Gasteiger partial charge in [-0.2, -0.15) is 0 Å². The predicted molar refractivity (Wildman–Crippen MR) is 71.8 cm³/mol. The fourth-order valence-electron chi connectivity index (χ4n) is 2.35. The molecule has 0 spiro atoms. The summed E-state index contributed by atoms with van der Waals surface area (Å²) in [4.78, 5) is 25.2. The molecule has 0 radical (unpaired) electrons. The molecule has 1 aromatic carbocycles. The summed E-state index contributed by atoms with van der Waals surface area (Å²) in [7, 11) is 0. The molecule has 0 bridgehead atoms. The smallest absolute Gasteiger partial charge is 0.354 e. The van der Waals surface area contributed by atoms with Gasteiger partial charge in [-0.3, -0.25) is 4.57 Å². The molecule has 1 aromatic heterocycles. The molecule has 0 unspecified atom stereocenters. The van der Waals surface area contributed by atoms with Gasteiger partial charge in [0.2, 0.25) is 0 Å². The first-order chi connectivity index (χ1) is 8.90. The average Bonchev–Trinajstić information content (AvgIpc) is 2.65. The largest absolute Gasteiger partial charge is 0.477 e. The number of imidazole rings is 1. The first kappa shape index (κ1) is 13.1. The van der Waals surface area contributed by atoms with Gasteiger partial charge in [0.05, 0.1) is 6.54 Å². The molecule has 0 aliphatic rings. The van der Waals surface area contributed by atoms with Crippen molar-refractivity contribution >= 4 is 5.97 Å². The Hall–Kier alpha value is -2.30. The van der Waals surface area contributed by atoms with E-state index >= 15 is 0 Å². The first-order valence-electron chi connectivity index (χ1n) is 5.98. The van der Waals surface area contributed by atoms with Gasteiger partial charge in [-0.25, -0.2) is 9.59 Å². The van der Waals surface area contributed by atoms with Gasteiger partial charge in [-0.1, -0.05) is 17.7 Å². The highest BCUT2D eigenvalue weighted by Gasteiger charge is 2.15. The quantitative estimate of drug-likeness (QED) is 0.884. The average molecular weight is 260 g/mol. The third-order valence-electron chi connectivity index (χ3n) is 3.24. The number of carboxylic acid groups (broad SMARTS) is 1. The highest BCUT2D eigenvalue weighted by atomic mass is 16.4. The van der Waals surface area contributed by atoms with E-state index in [1.807, 2.05) is 32.9 Å². The second kappa shape index (κ2) is 4.76. The Labute approximate surface area is 110 Å². The van der Waals surface area contributed by atoms with Crippen molar-refractivity contribution in [2.24, 2.45) is 0 Å². The van der Waals surface area contributed by atoms with Crippen LogP contribution in [0.2, 0.25) is 0 Å². The van der Waals surface area contributed by atoms with Crippen molar-refractivity contribution in [2.45, 2.75) is 27.3 Å². The van der Waals surface area contributed by atoms with Gasteiger partial charge in [0.25, 0.3) is 0 Å². The minimum absolute atomic E-state index is 0.0237. The maximum Gasteiger partial charge on any atom is 0.354 e. The summed E-state index contributed by atoms with van der Waals surface area (Å²) in [5.74, 6) is -1.11. The molecule has 1 heterocycles. The second-order valence-corrected chi connectivity index (χ2v) is 4.75. The third-order valence-corrected chi connectivity index (χ3v) is 3.24. The third kappa shape index (κ3) is 2.45. The highest BCUT2D eigenvalue weighted by Crippen LogP contribution is 2.17. The lowest BCUT2D eigenvalue weighted by Gasteiger charge is -2.12. The van der Waals surface area contributed by atoms with Crippen LogP contribution in [0.25, 0.3) is 0 Å². The fraction of sp³-hybridized carbons (Fsp3) is 0.286. The van der Waals surface area contributed by atoms with Crippen LogP contribution in [0.4, 0.5) is 0 Å². The summed E-state index contributed by atoms with van der Waals surface area (Å²) in [6.45, 7) is 6.21. The van der Waals surface area contributed by atoms with E-state index in [0.29, 0.717) is 0 Å². The molecule has 0 aliphatic carbocycles. The first-order valence-corrected chi connectivity index (χ1v) is 5.98. The zero-order valence-electron chi connectivity index (χ0n) is 11.2. The van der Waals surface area contributed by atoms with Crippen LogP contribution in [0.1, 0.15) is 32.7 Å². The van der Waals surface area contributed by atoms with Gasteiger partial charge >= 0.3 is 11.7 Å². The second-order valence-electron chi connectivity index (χ2n) is 4.75. The lowest BCUT2D eigenvalue weighted by atomic mass is 10.00. The van der Waals surface area contributed by atoms with E-state index in [1.54, 1.807) is 0 Å². The Bertz CT molecular complexity index is 672. The Kier molecular flexibility index (Phi) is 3.29. The summed E-state index contributed by atoms with van der Waals surface area (Å²) >= 11 is 0. The van der Waals surface area contributed by atoms with E-state index in [1.165, 1.54) is 10.8 Å². The summed E-state index contributed by atoms with van der Waals surface area (Å²) < 4.78 is 1.24. The molecule has 5 heteroatoms. The van der Waals surface area contributed by atoms with Crippen molar-refractivity contribution in [3.63, 3.8) is 0 Å². The molecular formula is C14H16N2O3. The number of aromatic carboxylic acids is 1. The topological polar surface area (TPSA) is 75.1 Å². The fourth-order valence-corrected chi connectivity index (χ4v) is 2.35. The number of nitrogens with zero attached hydrogens (tertiary/aromatic N) is 1. The van der Waals surface area contributed by atoms with E-state index in [2.05, 4.69) is 4.98 Å².